The molecule has 0 radical (unpaired) electrons. The molecule has 1 N–H and O–H groups in total. The maximum atomic E-state index is 13.5. The van der Waals surface area contributed by atoms with Crippen LogP contribution in [0.1, 0.15) is 27.2 Å². The smallest absolute Gasteiger partial charge is 0.453 e. The van der Waals surface area contributed by atoms with Crippen LogP contribution in [0.3, 0.4) is 0 Å². The standard InChI is InChI=1S/C12H16F5NO4/c1-10(2,3)22-9(21)18-5-4-6(7(18)8(19)20)11(13,14)12(15,16)17/h6-7H,4-5H2,1-3H3,(H,19,20)/t6-,7-/m0/s1. The Labute approximate surface area is 123 Å². The number of alkyl halides is 5. The molecule has 0 aromatic heterocycles. The van der Waals surface area contributed by atoms with Crippen LogP contribution in [0.4, 0.5) is 26.7 Å². The molecular formula is C12H16F5NO4. The Morgan fingerprint density at radius 3 is 2.00 bits per heavy atom. The van der Waals surface area contributed by atoms with Gasteiger partial charge < -0.3 is 9.84 Å². The molecule has 0 aromatic carbocycles. The summed E-state index contributed by atoms with van der Waals surface area (Å²) in [5.41, 5.74) is -1.04. The molecule has 22 heavy (non-hydrogen) atoms. The van der Waals surface area contributed by atoms with Crippen molar-refractivity contribution >= 4 is 12.1 Å². The average Bonchev–Trinajstić information content (AvgIpc) is 2.69. The number of ether oxygens (including phenoxy) is 1. The number of carbonyl (C=O) groups is 2. The Hall–Kier alpha value is -1.61. The van der Waals surface area contributed by atoms with Crippen LogP contribution >= 0.6 is 0 Å². The maximum absolute atomic E-state index is 13.5. The number of halogens is 5. The quantitative estimate of drug-likeness (QED) is 0.789. The predicted molar refractivity (Wildman–Crippen MR) is 63.5 cm³/mol. The van der Waals surface area contributed by atoms with E-state index in [2.05, 4.69) is 0 Å². The van der Waals surface area contributed by atoms with Crippen LogP contribution in [0.5, 0.6) is 0 Å². The number of carboxylic acid groups (broad SMARTS) is 1. The van der Waals surface area contributed by atoms with Gasteiger partial charge in [0.2, 0.25) is 0 Å². The number of likely N-dealkylation sites (tertiary alicyclic amines) is 1. The van der Waals surface area contributed by atoms with Gasteiger partial charge in [-0.1, -0.05) is 0 Å². The van der Waals surface area contributed by atoms with Crippen LogP contribution in [0, 0.1) is 5.92 Å². The summed E-state index contributed by atoms with van der Waals surface area (Å²) >= 11 is 0. The number of amides is 1. The van der Waals surface area contributed by atoms with E-state index in [0.717, 1.165) is 0 Å². The lowest BCUT2D eigenvalue weighted by Crippen LogP contribution is -2.53. The largest absolute Gasteiger partial charge is 0.480 e. The molecule has 0 saturated carbocycles. The van der Waals surface area contributed by atoms with Gasteiger partial charge in [0, 0.05) is 6.54 Å². The topological polar surface area (TPSA) is 66.8 Å². The summed E-state index contributed by atoms with van der Waals surface area (Å²) in [5, 5.41) is 8.98. The van der Waals surface area contributed by atoms with Gasteiger partial charge >= 0.3 is 24.2 Å². The maximum Gasteiger partial charge on any atom is 0.453 e. The molecule has 1 heterocycles. The molecule has 1 rings (SSSR count). The van der Waals surface area contributed by atoms with Gasteiger partial charge in [0.25, 0.3) is 0 Å². The van der Waals surface area contributed by atoms with E-state index in [-0.39, 0.29) is 0 Å². The SMILES string of the molecule is CC(C)(C)OC(=O)N1CC[C@H](C(F)(F)C(F)(F)F)[C@H]1C(=O)O. The summed E-state index contributed by atoms with van der Waals surface area (Å²) in [6, 6.07) is -2.30. The van der Waals surface area contributed by atoms with Gasteiger partial charge in [-0.25, -0.2) is 9.59 Å². The molecule has 0 aliphatic carbocycles. The molecule has 0 aromatic rings. The van der Waals surface area contributed by atoms with E-state index in [4.69, 9.17) is 9.84 Å². The lowest BCUT2D eigenvalue weighted by Gasteiger charge is -2.31. The zero-order chi connectivity index (χ0) is 17.5. The van der Waals surface area contributed by atoms with Crippen LogP contribution in [0.25, 0.3) is 0 Å². The van der Waals surface area contributed by atoms with E-state index in [1.807, 2.05) is 0 Å². The van der Waals surface area contributed by atoms with E-state index in [0.29, 0.717) is 4.90 Å². The molecule has 1 amide bonds. The fourth-order valence-electron chi connectivity index (χ4n) is 2.21. The van der Waals surface area contributed by atoms with Crippen molar-refractivity contribution in [1.82, 2.24) is 4.90 Å². The summed E-state index contributed by atoms with van der Waals surface area (Å²) in [7, 11) is 0. The molecule has 1 aliphatic rings. The molecule has 5 nitrogen and oxygen atoms in total. The van der Waals surface area contributed by atoms with Crippen molar-refractivity contribution in [3.63, 3.8) is 0 Å². The fraction of sp³-hybridized carbons (Fsp3) is 0.833. The molecule has 1 fully saturated rings. The molecule has 2 atom stereocenters. The van der Waals surface area contributed by atoms with Crippen molar-refractivity contribution in [1.29, 1.82) is 0 Å². The number of carbonyl (C=O) groups excluding carboxylic acids is 1. The second kappa shape index (κ2) is 5.54. The number of carboxylic acids is 1. The Kier molecular flexibility index (Phi) is 4.65. The Morgan fingerprint density at radius 2 is 1.64 bits per heavy atom. The number of nitrogens with zero attached hydrogens (tertiary/aromatic N) is 1. The van der Waals surface area contributed by atoms with Crippen LogP contribution < -0.4 is 0 Å². The lowest BCUT2D eigenvalue weighted by atomic mass is 9.92. The van der Waals surface area contributed by atoms with Crippen LogP contribution in [0.2, 0.25) is 0 Å². The first-order valence-electron chi connectivity index (χ1n) is 6.35. The predicted octanol–water partition coefficient (Wildman–Crippen LogP) is 2.89. The Balaban J connectivity index is 3.07. The van der Waals surface area contributed by atoms with E-state index in [1.165, 1.54) is 20.8 Å². The van der Waals surface area contributed by atoms with E-state index in [9.17, 15) is 31.5 Å². The summed E-state index contributed by atoms with van der Waals surface area (Å²) < 4.78 is 69.1. The molecule has 10 heteroatoms. The lowest BCUT2D eigenvalue weighted by molar-refractivity contribution is -0.304. The van der Waals surface area contributed by atoms with E-state index >= 15 is 0 Å². The van der Waals surface area contributed by atoms with Crippen molar-refractivity contribution in [3.05, 3.63) is 0 Å². The van der Waals surface area contributed by atoms with Crippen molar-refractivity contribution < 1.29 is 41.4 Å². The third-order valence-electron chi connectivity index (χ3n) is 3.12. The van der Waals surface area contributed by atoms with Gasteiger partial charge in [-0.15, -0.1) is 0 Å². The number of aliphatic carboxylic acids is 1. The minimum Gasteiger partial charge on any atom is -0.480 e. The van der Waals surface area contributed by atoms with Gasteiger partial charge in [0.05, 0.1) is 5.92 Å². The minimum atomic E-state index is -5.89. The monoisotopic (exact) mass is 333 g/mol. The van der Waals surface area contributed by atoms with Gasteiger partial charge in [0.15, 0.2) is 0 Å². The highest BCUT2D eigenvalue weighted by Gasteiger charge is 2.67. The summed E-state index contributed by atoms with van der Waals surface area (Å²) in [4.78, 5) is 23.3. The molecular weight excluding hydrogens is 317 g/mol. The van der Waals surface area contributed by atoms with E-state index in [1.54, 1.807) is 0 Å². The number of hydrogen-bond acceptors (Lipinski definition) is 3. The van der Waals surface area contributed by atoms with Crippen molar-refractivity contribution in [2.24, 2.45) is 5.92 Å². The Morgan fingerprint density at radius 1 is 1.14 bits per heavy atom. The zero-order valence-corrected chi connectivity index (χ0v) is 12.1. The normalized spacial score (nSPS) is 23.5. The third-order valence-corrected chi connectivity index (χ3v) is 3.12. The molecule has 128 valence electrons. The number of rotatable bonds is 2. The summed E-state index contributed by atoms with van der Waals surface area (Å²) in [6.07, 6.45) is -7.92. The van der Waals surface area contributed by atoms with Crippen LogP contribution in [-0.4, -0.2) is 52.4 Å². The second-order valence-electron chi connectivity index (χ2n) is 5.97. The second-order valence-corrected chi connectivity index (χ2v) is 5.97. The zero-order valence-electron chi connectivity index (χ0n) is 12.1. The highest BCUT2D eigenvalue weighted by atomic mass is 19.4. The van der Waals surface area contributed by atoms with Crippen molar-refractivity contribution in [2.45, 2.75) is 50.9 Å². The molecule has 0 unspecified atom stereocenters. The average molecular weight is 333 g/mol. The molecule has 1 saturated heterocycles. The van der Waals surface area contributed by atoms with Crippen molar-refractivity contribution in [3.8, 4) is 0 Å². The number of hydrogen-bond donors (Lipinski definition) is 1. The fourth-order valence-corrected chi connectivity index (χ4v) is 2.21. The third kappa shape index (κ3) is 3.58. The summed E-state index contributed by atoms with van der Waals surface area (Å²) in [5.74, 6) is -9.71. The Bertz CT molecular complexity index is 457. The summed E-state index contributed by atoms with van der Waals surface area (Å²) in [6.45, 7) is 3.82. The molecule has 0 bridgehead atoms. The first-order chi connectivity index (χ1) is 9.68. The van der Waals surface area contributed by atoms with Crippen molar-refractivity contribution in [2.75, 3.05) is 6.54 Å². The van der Waals surface area contributed by atoms with Gasteiger partial charge in [0.1, 0.15) is 11.6 Å². The highest BCUT2D eigenvalue weighted by molar-refractivity contribution is 5.81. The first kappa shape index (κ1) is 18.4. The van der Waals surface area contributed by atoms with E-state index < -0.39 is 54.7 Å². The van der Waals surface area contributed by atoms with Gasteiger partial charge in [-0.3, -0.25) is 4.90 Å². The van der Waals surface area contributed by atoms with Crippen LogP contribution in [-0.2, 0) is 9.53 Å². The minimum absolute atomic E-state index is 0.401. The molecule has 1 aliphatic heterocycles. The highest BCUT2D eigenvalue weighted by Crippen LogP contribution is 2.47. The molecule has 0 spiro atoms. The van der Waals surface area contributed by atoms with Crippen LogP contribution in [0.15, 0.2) is 0 Å². The van der Waals surface area contributed by atoms with Gasteiger partial charge in [-0.05, 0) is 27.2 Å². The first-order valence-corrected chi connectivity index (χ1v) is 6.35. The van der Waals surface area contributed by atoms with Gasteiger partial charge in [-0.2, -0.15) is 22.0 Å².